The van der Waals surface area contributed by atoms with Crippen LogP contribution in [0.4, 0.5) is 0 Å². The molecule has 3 rings (SSSR count). The van der Waals surface area contributed by atoms with Crippen LogP contribution in [0.5, 0.6) is 0 Å². The van der Waals surface area contributed by atoms with Crippen molar-refractivity contribution in [1.29, 1.82) is 5.26 Å². The third-order valence-electron chi connectivity index (χ3n) is 3.46. The van der Waals surface area contributed by atoms with Gasteiger partial charge < -0.3 is 9.47 Å². The van der Waals surface area contributed by atoms with Crippen molar-refractivity contribution in [3.05, 3.63) is 47.7 Å². The van der Waals surface area contributed by atoms with Crippen molar-refractivity contribution in [1.82, 2.24) is 0 Å². The molecule has 18 heavy (non-hydrogen) atoms. The van der Waals surface area contributed by atoms with Gasteiger partial charge in [0.1, 0.15) is 6.10 Å². The third-order valence-corrected chi connectivity index (χ3v) is 3.46. The van der Waals surface area contributed by atoms with Crippen LogP contribution in [-0.4, -0.2) is 11.6 Å². The van der Waals surface area contributed by atoms with Crippen molar-refractivity contribution in [2.24, 2.45) is 5.92 Å². The lowest BCUT2D eigenvalue weighted by molar-refractivity contribution is -0.320. The maximum absolute atomic E-state index is 11.6. The monoisotopic (exact) mass is 241 g/mol. The molecular weight excluding hydrogens is 230 g/mol. The minimum Gasteiger partial charge on any atom is -0.462 e. The lowest BCUT2D eigenvalue weighted by atomic mass is 9.81. The molecule has 0 aliphatic carbocycles. The summed E-state index contributed by atoms with van der Waals surface area (Å²) in [5, 5.41) is 8.75. The number of Topliss-reactive ketones (excluding diaryl/α,β-unsaturated/α-hetero) is 1. The lowest BCUT2D eigenvalue weighted by Gasteiger charge is -2.47. The first-order valence-electron chi connectivity index (χ1n) is 5.71. The number of ketones is 1. The molecule has 90 valence electrons. The molecule has 4 heteroatoms. The first kappa shape index (κ1) is 11.0. The fourth-order valence-corrected chi connectivity index (χ4v) is 2.45. The summed E-state index contributed by atoms with van der Waals surface area (Å²) in [5.41, 5.74) is 1.56. The van der Waals surface area contributed by atoms with E-state index in [2.05, 4.69) is 6.07 Å². The Bertz CT molecular complexity index is 570. The highest BCUT2D eigenvalue weighted by Gasteiger charge is 2.62. The Hall–Kier alpha value is -2.12. The molecule has 0 bridgehead atoms. The molecule has 1 fully saturated rings. The number of nitriles is 1. The Kier molecular flexibility index (Phi) is 2.25. The van der Waals surface area contributed by atoms with Crippen LogP contribution in [0.2, 0.25) is 0 Å². The van der Waals surface area contributed by atoms with Crippen LogP contribution in [0.25, 0.3) is 0 Å². The highest BCUT2D eigenvalue weighted by Crippen LogP contribution is 2.53. The molecule has 0 aromatic heterocycles. The maximum atomic E-state index is 11.6. The summed E-state index contributed by atoms with van der Waals surface area (Å²) in [6.45, 7) is 1.47. The Morgan fingerprint density at radius 2 is 2.11 bits per heavy atom. The minimum absolute atomic E-state index is 0.0806. The van der Waals surface area contributed by atoms with Crippen LogP contribution in [-0.2, 0) is 14.3 Å². The number of carbonyl (C=O) groups excluding carboxylic acids is 1. The number of ether oxygens (including phenoxy) is 2. The van der Waals surface area contributed by atoms with Gasteiger partial charge in [-0.1, -0.05) is 12.1 Å². The standard InChI is InChI=1S/C14H11NO3/c1-9(16)14-12(6-7-17-14)13(18-14)11-4-2-10(8-15)3-5-11/h2-7,12-13H,1H3/t12-,13-,14+/m0/s1. The van der Waals surface area contributed by atoms with Gasteiger partial charge in [-0.05, 0) is 23.8 Å². The van der Waals surface area contributed by atoms with E-state index < -0.39 is 5.79 Å². The number of nitrogens with zero attached hydrogens (tertiary/aromatic N) is 1. The average molecular weight is 241 g/mol. The Morgan fingerprint density at radius 3 is 2.72 bits per heavy atom. The largest absolute Gasteiger partial charge is 0.462 e. The number of fused-ring (bicyclic) bond motifs is 1. The summed E-state index contributed by atoms with van der Waals surface area (Å²) in [6.07, 6.45) is 3.20. The quantitative estimate of drug-likeness (QED) is 0.795. The topological polar surface area (TPSA) is 59.3 Å². The summed E-state index contributed by atoms with van der Waals surface area (Å²) in [5.74, 6) is -1.32. The third kappa shape index (κ3) is 1.31. The van der Waals surface area contributed by atoms with E-state index in [0.717, 1.165) is 5.56 Å². The van der Waals surface area contributed by atoms with E-state index in [1.165, 1.54) is 13.2 Å². The summed E-state index contributed by atoms with van der Waals surface area (Å²) in [6, 6.07) is 9.24. The average Bonchev–Trinajstić information content (AvgIpc) is 2.69. The van der Waals surface area contributed by atoms with Crippen LogP contribution >= 0.6 is 0 Å². The van der Waals surface area contributed by atoms with Gasteiger partial charge in [0.25, 0.3) is 5.79 Å². The molecule has 1 saturated heterocycles. The van der Waals surface area contributed by atoms with E-state index in [1.807, 2.05) is 18.2 Å². The minimum atomic E-state index is -1.11. The SMILES string of the molecule is CC(=O)[C@]12OC=C[C@H]1[C@H](c1ccc(C#N)cc1)O2. The van der Waals surface area contributed by atoms with Gasteiger partial charge in [-0.2, -0.15) is 5.26 Å². The highest BCUT2D eigenvalue weighted by atomic mass is 16.7. The van der Waals surface area contributed by atoms with E-state index in [4.69, 9.17) is 14.7 Å². The van der Waals surface area contributed by atoms with Crippen molar-refractivity contribution in [2.75, 3.05) is 0 Å². The molecule has 4 nitrogen and oxygen atoms in total. The van der Waals surface area contributed by atoms with Gasteiger partial charge in [-0.25, -0.2) is 0 Å². The van der Waals surface area contributed by atoms with Crippen LogP contribution < -0.4 is 0 Å². The second-order valence-corrected chi connectivity index (χ2v) is 4.47. The lowest BCUT2D eigenvalue weighted by Crippen LogP contribution is -2.58. The second kappa shape index (κ2) is 3.69. The smallest absolute Gasteiger partial charge is 0.279 e. The number of rotatable bonds is 2. The van der Waals surface area contributed by atoms with Gasteiger partial charge in [-0.15, -0.1) is 0 Å². The molecule has 0 spiro atoms. The van der Waals surface area contributed by atoms with Crippen molar-refractivity contribution < 1.29 is 14.3 Å². The Labute approximate surface area is 104 Å². The zero-order chi connectivity index (χ0) is 12.8. The molecular formula is C14H11NO3. The predicted octanol–water partition coefficient (Wildman–Crippen LogP) is 2.07. The van der Waals surface area contributed by atoms with Crippen molar-refractivity contribution in [3.8, 4) is 6.07 Å². The zero-order valence-corrected chi connectivity index (χ0v) is 9.79. The summed E-state index contributed by atoms with van der Waals surface area (Å²) in [7, 11) is 0. The molecule has 2 aliphatic rings. The van der Waals surface area contributed by atoms with E-state index in [9.17, 15) is 4.79 Å². The number of carbonyl (C=O) groups is 1. The fourth-order valence-electron chi connectivity index (χ4n) is 2.45. The predicted molar refractivity (Wildman–Crippen MR) is 62.1 cm³/mol. The van der Waals surface area contributed by atoms with Gasteiger partial charge in [0.2, 0.25) is 5.78 Å². The van der Waals surface area contributed by atoms with Gasteiger partial charge >= 0.3 is 0 Å². The van der Waals surface area contributed by atoms with E-state index in [-0.39, 0.29) is 17.8 Å². The molecule has 0 amide bonds. The molecule has 0 N–H and O–H groups in total. The van der Waals surface area contributed by atoms with Crippen LogP contribution in [0, 0.1) is 17.2 Å². The number of benzene rings is 1. The highest BCUT2D eigenvalue weighted by molar-refractivity contribution is 5.86. The Balaban J connectivity index is 1.86. The summed E-state index contributed by atoms with van der Waals surface area (Å²) < 4.78 is 10.9. The van der Waals surface area contributed by atoms with Gasteiger partial charge in [-0.3, -0.25) is 4.79 Å². The van der Waals surface area contributed by atoms with E-state index >= 15 is 0 Å². The maximum Gasteiger partial charge on any atom is 0.279 e. The fraction of sp³-hybridized carbons (Fsp3) is 0.286. The molecule has 1 aromatic rings. The first-order chi connectivity index (χ1) is 8.67. The molecule has 2 heterocycles. The molecule has 2 aliphatic heterocycles. The van der Waals surface area contributed by atoms with E-state index in [1.54, 1.807) is 12.1 Å². The summed E-state index contributed by atoms with van der Waals surface area (Å²) in [4.78, 5) is 11.6. The van der Waals surface area contributed by atoms with Gasteiger partial charge in [0.15, 0.2) is 0 Å². The first-order valence-corrected chi connectivity index (χ1v) is 5.71. The molecule has 1 aromatic carbocycles. The Morgan fingerprint density at radius 1 is 1.39 bits per heavy atom. The number of hydrogen-bond acceptors (Lipinski definition) is 4. The van der Waals surface area contributed by atoms with Crippen LogP contribution in [0.1, 0.15) is 24.2 Å². The zero-order valence-electron chi connectivity index (χ0n) is 9.79. The molecule has 3 atom stereocenters. The molecule has 0 radical (unpaired) electrons. The van der Waals surface area contributed by atoms with Crippen molar-refractivity contribution >= 4 is 5.78 Å². The van der Waals surface area contributed by atoms with Gasteiger partial charge in [0.05, 0.1) is 23.8 Å². The molecule has 0 unspecified atom stereocenters. The number of hydrogen-bond donors (Lipinski definition) is 0. The van der Waals surface area contributed by atoms with Crippen molar-refractivity contribution in [3.63, 3.8) is 0 Å². The summed E-state index contributed by atoms with van der Waals surface area (Å²) >= 11 is 0. The van der Waals surface area contributed by atoms with Gasteiger partial charge in [0, 0.05) is 6.92 Å². The van der Waals surface area contributed by atoms with E-state index in [0.29, 0.717) is 5.56 Å². The van der Waals surface area contributed by atoms with Crippen LogP contribution in [0.3, 0.4) is 0 Å². The van der Waals surface area contributed by atoms with Crippen molar-refractivity contribution in [2.45, 2.75) is 18.8 Å². The molecule has 0 saturated carbocycles. The second-order valence-electron chi connectivity index (χ2n) is 4.47. The normalized spacial score (nSPS) is 32.0. The van der Waals surface area contributed by atoms with Crippen LogP contribution in [0.15, 0.2) is 36.6 Å².